The quantitative estimate of drug-likeness (QED) is 0.786. The highest BCUT2D eigenvalue weighted by Crippen LogP contribution is 2.27. The molecular weight excluding hydrogens is 254 g/mol. The molecule has 2 rings (SSSR count). The Morgan fingerprint density at radius 3 is 2.68 bits per heavy atom. The first-order valence-electron chi connectivity index (χ1n) is 7.11. The van der Waals surface area contributed by atoms with Crippen LogP contribution in [0, 0.1) is 0 Å². The predicted octanol–water partition coefficient (Wildman–Crippen LogP) is 3.47. The first-order chi connectivity index (χ1) is 9.15. The van der Waals surface area contributed by atoms with Gasteiger partial charge in [-0.05, 0) is 13.3 Å². The maximum atomic E-state index is 12.7. The van der Waals surface area contributed by atoms with Gasteiger partial charge in [0.15, 0.2) is 5.78 Å². The summed E-state index contributed by atoms with van der Waals surface area (Å²) in [6, 6.07) is 10.2. The lowest BCUT2D eigenvalue weighted by Gasteiger charge is -2.41. The lowest BCUT2D eigenvalue weighted by molar-refractivity contribution is 0.0744. The van der Waals surface area contributed by atoms with Gasteiger partial charge in [-0.3, -0.25) is 9.69 Å². The van der Waals surface area contributed by atoms with Crippen molar-refractivity contribution in [3.8, 4) is 0 Å². The van der Waals surface area contributed by atoms with Crippen LogP contribution >= 0.6 is 11.8 Å². The van der Waals surface area contributed by atoms with Crippen molar-refractivity contribution >= 4 is 17.5 Å². The molecule has 1 saturated heterocycles. The number of carbonyl (C=O) groups is 1. The molecule has 1 aliphatic rings. The molecule has 0 N–H and O–H groups in total. The molecule has 0 aromatic heterocycles. The molecule has 1 heterocycles. The number of benzene rings is 1. The average molecular weight is 277 g/mol. The summed E-state index contributed by atoms with van der Waals surface area (Å²) in [7, 11) is 0. The zero-order valence-corrected chi connectivity index (χ0v) is 12.8. The summed E-state index contributed by atoms with van der Waals surface area (Å²) in [6.07, 6.45) is 0.884. The van der Waals surface area contributed by atoms with Crippen LogP contribution in [-0.4, -0.2) is 40.3 Å². The van der Waals surface area contributed by atoms with Crippen molar-refractivity contribution in [1.29, 1.82) is 0 Å². The van der Waals surface area contributed by atoms with E-state index in [0.717, 1.165) is 24.3 Å². The van der Waals surface area contributed by atoms with Crippen molar-refractivity contribution in [1.82, 2.24) is 4.90 Å². The lowest BCUT2D eigenvalue weighted by Crippen LogP contribution is -2.52. The Morgan fingerprint density at radius 2 is 2.05 bits per heavy atom. The number of ketones is 1. The zero-order chi connectivity index (χ0) is 13.8. The van der Waals surface area contributed by atoms with Gasteiger partial charge in [0.1, 0.15) is 0 Å². The van der Waals surface area contributed by atoms with Crippen LogP contribution in [0.4, 0.5) is 0 Å². The monoisotopic (exact) mass is 277 g/mol. The number of rotatable bonds is 4. The molecule has 0 radical (unpaired) electrons. The minimum absolute atomic E-state index is 0.0285. The van der Waals surface area contributed by atoms with Crippen LogP contribution in [-0.2, 0) is 0 Å². The minimum Gasteiger partial charge on any atom is -0.292 e. The van der Waals surface area contributed by atoms with Crippen LogP contribution in [0.3, 0.4) is 0 Å². The standard InChI is InChI=1S/C16H23NOS/c1-4-15(16(18)14-8-6-5-7-9-14)17-10-11-19-13(3)12(17)2/h5-9,12-13,15H,4,10-11H2,1-3H3. The summed E-state index contributed by atoms with van der Waals surface area (Å²) in [5, 5.41) is 0.603. The Labute approximate surface area is 120 Å². The van der Waals surface area contributed by atoms with Gasteiger partial charge >= 0.3 is 0 Å². The van der Waals surface area contributed by atoms with Crippen molar-refractivity contribution in [2.75, 3.05) is 12.3 Å². The Kier molecular flexibility index (Phi) is 5.06. The van der Waals surface area contributed by atoms with Crippen LogP contribution in [0.15, 0.2) is 30.3 Å². The highest BCUT2D eigenvalue weighted by molar-refractivity contribution is 8.00. The van der Waals surface area contributed by atoms with Crippen LogP contribution in [0.5, 0.6) is 0 Å². The highest BCUT2D eigenvalue weighted by atomic mass is 32.2. The lowest BCUT2D eigenvalue weighted by atomic mass is 9.98. The average Bonchev–Trinajstić information content (AvgIpc) is 2.45. The van der Waals surface area contributed by atoms with E-state index in [9.17, 15) is 4.79 Å². The molecule has 0 bridgehead atoms. The molecule has 0 amide bonds. The van der Waals surface area contributed by atoms with Crippen molar-refractivity contribution < 1.29 is 4.79 Å². The maximum absolute atomic E-state index is 12.7. The summed E-state index contributed by atoms with van der Waals surface area (Å²) in [6.45, 7) is 7.65. The topological polar surface area (TPSA) is 20.3 Å². The molecule has 1 aromatic rings. The van der Waals surface area contributed by atoms with E-state index in [1.165, 1.54) is 0 Å². The van der Waals surface area contributed by atoms with Crippen LogP contribution < -0.4 is 0 Å². The second kappa shape index (κ2) is 6.58. The Hall–Kier alpha value is -0.800. The molecule has 0 saturated carbocycles. The molecule has 104 valence electrons. The van der Waals surface area contributed by atoms with Gasteiger partial charge in [-0.1, -0.05) is 44.2 Å². The van der Waals surface area contributed by atoms with E-state index in [1.807, 2.05) is 42.1 Å². The smallest absolute Gasteiger partial charge is 0.179 e. The number of nitrogens with zero attached hydrogens (tertiary/aromatic N) is 1. The molecule has 3 unspecified atom stereocenters. The van der Waals surface area contributed by atoms with Gasteiger partial charge in [0.25, 0.3) is 0 Å². The van der Waals surface area contributed by atoms with E-state index in [2.05, 4.69) is 25.7 Å². The summed E-state index contributed by atoms with van der Waals surface area (Å²) in [5.74, 6) is 1.40. The number of Topliss-reactive ketones (excluding diaryl/α,β-unsaturated/α-hetero) is 1. The van der Waals surface area contributed by atoms with Gasteiger partial charge in [-0.25, -0.2) is 0 Å². The molecule has 0 spiro atoms. The molecule has 2 nitrogen and oxygen atoms in total. The van der Waals surface area contributed by atoms with Crippen molar-refractivity contribution in [2.45, 2.75) is 44.5 Å². The summed E-state index contributed by atoms with van der Waals surface area (Å²) < 4.78 is 0. The first-order valence-corrected chi connectivity index (χ1v) is 8.16. The van der Waals surface area contributed by atoms with Crippen molar-refractivity contribution in [3.63, 3.8) is 0 Å². The summed E-state index contributed by atoms with van der Waals surface area (Å²) >= 11 is 2.01. The van der Waals surface area contributed by atoms with Gasteiger partial charge in [0.2, 0.25) is 0 Å². The molecule has 3 heteroatoms. The molecule has 19 heavy (non-hydrogen) atoms. The third-order valence-corrected chi connectivity index (χ3v) is 5.42. The molecular formula is C16H23NOS. The predicted molar refractivity (Wildman–Crippen MR) is 82.9 cm³/mol. The van der Waals surface area contributed by atoms with Crippen molar-refractivity contribution in [3.05, 3.63) is 35.9 Å². The fourth-order valence-corrected chi connectivity index (χ4v) is 3.88. The van der Waals surface area contributed by atoms with Crippen LogP contribution in [0.1, 0.15) is 37.6 Å². The highest BCUT2D eigenvalue weighted by Gasteiger charge is 2.33. The Morgan fingerprint density at radius 1 is 1.37 bits per heavy atom. The largest absolute Gasteiger partial charge is 0.292 e. The third kappa shape index (κ3) is 3.21. The van der Waals surface area contributed by atoms with E-state index in [-0.39, 0.29) is 11.8 Å². The number of carbonyl (C=O) groups excluding carboxylic acids is 1. The Bertz CT molecular complexity index is 420. The van der Waals surface area contributed by atoms with Crippen molar-refractivity contribution in [2.24, 2.45) is 0 Å². The van der Waals surface area contributed by atoms with E-state index < -0.39 is 0 Å². The Balaban J connectivity index is 2.17. The zero-order valence-electron chi connectivity index (χ0n) is 12.0. The fourth-order valence-electron chi connectivity index (χ4n) is 2.76. The van der Waals surface area contributed by atoms with E-state index in [0.29, 0.717) is 11.3 Å². The molecule has 3 atom stereocenters. The SMILES string of the molecule is CCC(C(=O)c1ccccc1)N1CCSC(C)C1C. The minimum atomic E-state index is 0.0285. The second-order valence-electron chi connectivity index (χ2n) is 5.21. The number of hydrogen-bond acceptors (Lipinski definition) is 3. The summed E-state index contributed by atoms with van der Waals surface area (Å²) in [5.41, 5.74) is 0.840. The number of hydrogen-bond donors (Lipinski definition) is 0. The van der Waals surface area contributed by atoms with Gasteiger partial charge in [-0.2, -0.15) is 11.8 Å². The third-order valence-electron chi connectivity index (χ3n) is 4.08. The van der Waals surface area contributed by atoms with Crippen LogP contribution in [0.2, 0.25) is 0 Å². The normalized spacial score (nSPS) is 26.1. The van der Waals surface area contributed by atoms with Crippen LogP contribution in [0.25, 0.3) is 0 Å². The molecule has 1 fully saturated rings. The maximum Gasteiger partial charge on any atom is 0.179 e. The van der Waals surface area contributed by atoms with Gasteiger partial charge in [-0.15, -0.1) is 0 Å². The molecule has 0 aliphatic carbocycles. The van der Waals surface area contributed by atoms with Gasteiger partial charge in [0.05, 0.1) is 6.04 Å². The van der Waals surface area contributed by atoms with E-state index in [4.69, 9.17) is 0 Å². The number of thioether (sulfide) groups is 1. The first kappa shape index (κ1) is 14.6. The summed E-state index contributed by atoms with van der Waals surface area (Å²) in [4.78, 5) is 15.1. The van der Waals surface area contributed by atoms with E-state index >= 15 is 0 Å². The molecule has 1 aromatic carbocycles. The van der Waals surface area contributed by atoms with E-state index in [1.54, 1.807) is 0 Å². The van der Waals surface area contributed by atoms with Gasteiger partial charge in [0, 0.05) is 29.2 Å². The molecule has 1 aliphatic heterocycles. The second-order valence-corrected chi connectivity index (χ2v) is 6.69. The van der Waals surface area contributed by atoms with Gasteiger partial charge < -0.3 is 0 Å². The fraction of sp³-hybridized carbons (Fsp3) is 0.562.